The van der Waals surface area contributed by atoms with Crippen LogP contribution >= 0.6 is 0 Å². The molecule has 0 saturated heterocycles. The first-order valence-electron chi connectivity index (χ1n) is 6.84. The van der Waals surface area contributed by atoms with Gasteiger partial charge in [0.25, 0.3) is 0 Å². The lowest BCUT2D eigenvalue weighted by molar-refractivity contribution is -0.136. The van der Waals surface area contributed by atoms with Crippen molar-refractivity contribution in [2.24, 2.45) is 11.1 Å². The zero-order valence-electron chi connectivity index (χ0n) is 12.0. The van der Waals surface area contributed by atoms with Crippen molar-refractivity contribution in [2.45, 2.75) is 52.2 Å². The Morgan fingerprint density at radius 1 is 1.53 bits per heavy atom. The number of nitrogens with two attached hydrogens (primary N) is 1. The first-order valence-corrected chi connectivity index (χ1v) is 6.84. The van der Waals surface area contributed by atoms with Crippen molar-refractivity contribution in [1.29, 1.82) is 0 Å². The molecule has 0 spiro atoms. The molecule has 4 nitrogen and oxygen atoms in total. The Bertz CT molecular complexity index is 434. The Balaban J connectivity index is 2.10. The van der Waals surface area contributed by atoms with Crippen LogP contribution in [0.25, 0.3) is 0 Å². The molecule has 0 aromatic carbocycles. The van der Waals surface area contributed by atoms with Gasteiger partial charge < -0.3 is 10.6 Å². The van der Waals surface area contributed by atoms with E-state index in [1.165, 1.54) is 0 Å². The van der Waals surface area contributed by atoms with Crippen LogP contribution in [0.1, 0.15) is 39.2 Å². The molecule has 1 aromatic rings. The van der Waals surface area contributed by atoms with Crippen LogP contribution in [-0.2, 0) is 11.3 Å². The third-order valence-corrected chi connectivity index (χ3v) is 3.55. The summed E-state index contributed by atoms with van der Waals surface area (Å²) >= 11 is 0. The number of rotatable bonds is 4. The minimum Gasteiger partial charge on any atom is -0.334 e. The van der Waals surface area contributed by atoms with Crippen LogP contribution in [-0.4, -0.2) is 27.9 Å². The average Bonchev–Trinajstić information content (AvgIpc) is 3.18. The molecule has 104 valence electrons. The summed E-state index contributed by atoms with van der Waals surface area (Å²) in [6.07, 6.45) is 5.73. The van der Waals surface area contributed by atoms with E-state index in [1.54, 1.807) is 6.20 Å². The molecule has 1 heterocycles. The molecule has 2 N–H and O–H groups in total. The highest BCUT2D eigenvalue weighted by Crippen LogP contribution is 2.30. The van der Waals surface area contributed by atoms with Crippen LogP contribution in [0.15, 0.2) is 24.5 Å². The lowest BCUT2D eigenvalue weighted by Gasteiger charge is -2.32. The summed E-state index contributed by atoms with van der Waals surface area (Å²) in [7, 11) is 0. The van der Waals surface area contributed by atoms with Gasteiger partial charge in [-0.1, -0.05) is 26.8 Å². The summed E-state index contributed by atoms with van der Waals surface area (Å²) in [6.45, 7) is 6.63. The molecule has 1 aromatic heterocycles. The summed E-state index contributed by atoms with van der Waals surface area (Å²) in [5, 5.41) is 0. The second-order valence-electron chi connectivity index (χ2n) is 6.40. The van der Waals surface area contributed by atoms with E-state index in [0.29, 0.717) is 12.6 Å². The minimum atomic E-state index is -0.454. The first kappa shape index (κ1) is 14.0. The van der Waals surface area contributed by atoms with E-state index in [9.17, 15) is 4.79 Å². The second kappa shape index (κ2) is 5.29. The van der Waals surface area contributed by atoms with Crippen molar-refractivity contribution in [1.82, 2.24) is 9.88 Å². The fourth-order valence-electron chi connectivity index (χ4n) is 2.01. The summed E-state index contributed by atoms with van der Waals surface area (Å²) in [5.41, 5.74) is 6.96. The molecule has 1 amide bonds. The van der Waals surface area contributed by atoms with Gasteiger partial charge in [-0.2, -0.15) is 0 Å². The molecule has 1 aliphatic carbocycles. The summed E-state index contributed by atoms with van der Waals surface area (Å²) < 4.78 is 0. The molecule has 1 fully saturated rings. The highest BCUT2D eigenvalue weighted by atomic mass is 16.2. The third kappa shape index (κ3) is 3.53. The number of amides is 1. The predicted molar refractivity (Wildman–Crippen MR) is 75.2 cm³/mol. The van der Waals surface area contributed by atoms with E-state index in [2.05, 4.69) is 4.98 Å². The molecule has 1 saturated carbocycles. The number of pyridine rings is 1. The Kier molecular flexibility index (Phi) is 3.90. The fraction of sp³-hybridized carbons (Fsp3) is 0.600. The molecule has 0 bridgehead atoms. The van der Waals surface area contributed by atoms with Crippen molar-refractivity contribution in [2.75, 3.05) is 0 Å². The number of carbonyl (C=O) groups is 1. The van der Waals surface area contributed by atoms with Crippen LogP contribution in [0.2, 0.25) is 0 Å². The van der Waals surface area contributed by atoms with Gasteiger partial charge in [0, 0.05) is 25.0 Å². The van der Waals surface area contributed by atoms with Crippen molar-refractivity contribution in [3.05, 3.63) is 30.1 Å². The maximum absolute atomic E-state index is 12.6. The highest BCUT2D eigenvalue weighted by molar-refractivity contribution is 5.83. The lowest BCUT2D eigenvalue weighted by Crippen LogP contribution is -2.50. The van der Waals surface area contributed by atoms with E-state index in [0.717, 1.165) is 18.4 Å². The van der Waals surface area contributed by atoms with E-state index in [1.807, 2.05) is 44.0 Å². The summed E-state index contributed by atoms with van der Waals surface area (Å²) in [4.78, 5) is 18.6. The van der Waals surface area contributed by atoms with E-state index < -0.39 is 6.04 Å². The van der Waals surface area contributed by atoms with Gasteiger partial charge in [0.15, 0.2) is 0 Å². The normalized spacial score (nSPS) is 17.1. The average molecular weight is 261 g/mol. The van der Waals surface area contributed by atoms with E-state index in [4.69, 9.17) is 5.73 Å². The minimum absolute atomic E-state index is 0.0545. The summed E-state index contributed by atoms with van der Waals surface area (Å²) in [6, 6.07) is 3.80. The zero-order valence-corrected chi connectivity index (χ0v) is 12.0. The van der Waals surface area contributed by atoms with E-state index in [-0.39, 0.29) is 11.3 Å². The smallest absolute Gasteiger partial charge is 0.240 e. The molecule has 0 radical (unpaired) electrons. The Morgan fingerprint density at radius 2 is 2.21 bits per heavy atom. The molecule has 0 aliphatic heterocycles. The predicted octanol–water partition coefficient (Wildman–Crippen LogP) is 1.95. The fourth-order valence-corrected chi connectivity index (χ4v) is 2.01. The molecule has 1 atom stereocenters. The number of hydrogen-bond acceptors (Lipinski definition) is 3. The first-order chi connectivity index (χ1) is 8.89. The number of nitrogens with zero attached hydrogens (tertiary/aromatic N) is 2. The van der Waals surface area contributed by atoms with Crippen molar-refractivity contribution in [3.63, 3.8) is 0 Å². The van der Waals surface area contributed by atoms with Gasteiger partial charge in [0.1, 0.15) is 0 Å². The quantitative estimate of drug-likeness (QED) is 0.901. The van der Waals surface area contributed by atoms with Gasteiger partial charge in [0.05, 0.1) is 6.04 Å². The topological polar surface area (TPSA) is 59.2 Å². The second-order valence-corrected chi connectivity index (χ2v) is 6.40. The van der Waals surface area contributed by atoms with Crippen molar-refractivity contribution >= 4 is 5.91 Å². The Hall–Kier alpha value is -1.42. The van der Waals surface area contributed by atoms with Crippen LogP contribution in [0.3, 0.4) is 0 Å². The maximum Gasteiger partial charge on any atom is 0.240 e. The molecular weight excluding hydrogens is 238 g/mol. The molecular formula is C15H23N3O. The van der Waals surface area contributed by atoms with Crippen LogP contribution < -0.4 is 5.73 Å². The largest absolute Gasteiger partial charge is 0.334 e. The summed E-state index contributed by atoms with van der Waals surface area (Å²) in [5.74, 6) is 0.0545. The molecule has 1 unspecified atom stereocenters. The Morgan fingerprint density at radius 3 is 2.68 bits per heavy atom. The molecule has 1 aliphatic rings. The maximum atomic E-state index is 12.6. The monoisotopic (exact) mass is 261 g/mol. The molecule has 4 heteroatoms. The SMILES string of the molecule is CC(C)(C)C(N)C(=O)N(Cc1cccnc1)C1CC1. The number of hydrogen-bond donors (Lipinski definition) is 1. The molecule has 19 heavy (non-hydrogen) atoms. The van der Waals surface area contributed by atoms with Crippen LogP contribution in [0.5, 0.6) is 0 Å². The van der Waals surface area contributed by atoms with Crippen LogP contribution in [0.4, 0.5) is 0 Å². The zero-order chi connectivity index (χ0) is 14.0. The Labute approximate surface area is 115 Å². The van der Waals surface area contributed by atoms with Gasteiger partial charge in [-0.05, 0) is 29.9 Å². The standard InChI is InChI=1S/C15H23N3O/c1-15(2,3)13(16)14(19)18(12-6-7-12)10-11-5-4-8-17-9-11/h4-5,8-9,12-13H,6-7,10,16H2,1-3H3. The number of aromatic nitrogens is 1. The van der Waals surface area contributed by atoms with Gasteiger partial charge in [0.2, 0.25) is 5.91 Å². The van der Waals surface area contributed by atoms with Gasteiger partial charge in [-0.25, -0.2) is 0 Å². The van der Waals surface area contributed by atoms with Gasteiger partial charge >= 0.3 is 0 Å². The van der Waals surface area contributed by atoms with Gasteiger partial charge in [-0.3, -0.25) is 9.78 Å². The number of carbonyl (C=O) groups excluding carboxylic acids is 1. The van der Waals surface area contributed by atoms with Crippen LogP contribution in [0, 0.1) is 5.41 Å². The van der Waals surface area contributed by atoms with E-state index >= 15 is 0 Å². The van der Waals surface area contributed by atoms with Gasteiger partial charge in [-0.15, -0.1) is 0 Å². The van der Waals surface area contributed by atoms with Crippen molar-refractivity contribution in [3.8, 4) is 0 Å². The highest BCUT2D eigenvalue weighted by Gasteiger charge is 2.38. The van der Waals surface area contributed by atoms with Crippen molar-refractivity contribution < 1.29 is 4.79 Å². The third-order valence-electron chi connectivity index (χ3n) is 3.55. The lowest BCUT2D eigenvalue weighted by atomic mass is 9.86. The molecule has 2 rings (SSSR count).